The number of benzene rings is 1. The Hall–Kier alpha value is -2.65. The normalized spacial score (nSPS) is 12.1. The molecule has 1 aromatic carbocycles. The first kappa shape index (κ1) is 16.7. The third-order valence-corrected chi connectivity index (χ3v) is 4.33. The zero-order valence-electron chi connectivity index (χ0n) is 12.4. The van der Waals surface area contributed by atoms with Gasteiger partial charge in [-0.3, -0.25) is 0 Å². The van der Waals surface area contributed by atoms with Crippen LogP contribution in [-0.4, -0.2) is 20.1 Å². The minimum Gasteiger partial charge on any atom is -0.468 e. The van der Waals surface area contributed by atoms with Crippen LogP contribution in [-0.2, 0) is 16.6 Å². The van der Waals surface area contributed by atoms with Gasteiger partial charge in [0.15, 0.2) is 0 Å². The van der Waals surface area contributed by atoms with E-state index in [0.29, 0.717) is 17.0 Å². The summed E-state index contributed by atoms with van der Waals surface area (Å²) < 4.78 is 31.9. The van der Waals surface area contributed by atoms with E-state index in [1.165, 1.54) is 18.4 Å². The molecule has 0 saturated heterocycles. The highest BCUT2D eigenvalue weighted by molar-refractivity contribution is 7.89. The van der Waals surface area contributed by atoms with Crippen molar-refractivity contribution in [2.24, 2.45) is 21.7 Å². The highest BCUT2D eigenvalue weighted by atomic mass is 32.2. The van der Waals surface area contributed by atoms with Gasteiger partial charge in [-0.05, 0) is 36.8 Å². The Morgan fingerprint density at radius 3 is 2.43 bits per heavy atom. The molecule has 23 heavy (non-hydrogen) atoms. The molecule has 0 aliphatic heterocycles. The maximum absolute atomic E-state index is 12.2. The summed E-state index contributed by atoms with van der Waals surface area (Å²) in [6, 6.07) is 9.60. The topological polar surface area (TPSA) is 136 Å². The first-order chi connectivity index (χ1) is 10.9. The molecule has 0 saturated carbocycles. The van der Waals surface area contributed by atoms with Gasteiger partial charge in [0.1, 0.15) is 5.76 Å². The van der Waals surface area contributed by atoms with Gasteiger partial charge >= 0.3 is 0 Å². The monoisotopic (exact) mass is 335 g/mol. The van der Waals surface area contributed by atoms with Crippen LogP contribution >= 0.6 is 0 Å². The van der Waals surface area contributed by atoms with Crippen LogP contribution in [0.1, 0.15) is 18.2 Å². The molecule has 5 N–H and O–H groups in total. The van der Waals surface area contributed by atoms with Gasteiger partial charge in [0, 0.05) is 0 Å². The maximum atomic E-state index is 12.2. The second-order valence-corrected chi connectivity index (χ2v) is 6.41. The van der Waals surface area contributed by atoms with E-state index in [2.05, 4.69) is 14.9 Å². The van der Waals surface area contributed by atoms with E-state index >= 15 is 0 Å². The number of nitrogens with one attached hydrogen (secondary N) is 1. The second kappa shape index (κ2) is 7.07. The van der Waals surface area contributed by atoms with E-state index in [1.54, 1.807) is 31.2 Å². The quantitative estimate of drug-likeness (QED) is 0.406. The number of furan rings is 1. The number of nitrogens with zero attached hydrogens (tertiary/aromatic N) is 2. The maximum Gasteiger partial charge on any atom is 0.240 e. The van der Waals surface area contributed by atoms with Crippen LogP contribution in [0.2, 0.25) is 0 Å². The summed E-state index contributed by atoms with van der Waals surface area (Å²) in [6.45, 7) is 1.80. The fraction of sp³-hybridized carbons (Fsp3) is 0.143. The minimum absolute atomic E-state index is 0.0854. The molecule has 0 fully saturated rings. The number of sulfonamides is 1. The molecule has 0 amide bonds. The molecule has 1 aromatic heterocycles. The molecule has 0 bridgehead atoms. The van der Waals surface area contributed by atoms with Gasteiger partial charge in [0.25, 0.3) is 0 Å². The van der Waals surface area contributed by atoms with Gasteiger partial charge in [0.2, 0.25) is 16.0 Å². The van der Waals surface area contributed by atoms with Gasteiger partial charge in [0.05, 0.1) is 23.4 Å². The molecule has 0 aliphatic carbocycles. The summed E-state index contributed by atoms with van der Waals surface area (Å²) in [5.41, 5.74) is 11.7. The van der Waals surface area contributed by atoms with Crippen LogP contribution in [0.4, 0.5) is 0 Å². The van der Waals surface area contributed by atoms with Crippen LogP contribution in [0, 0.1) is 0 Å². The zero-order chi connectivity index (χ0) is 16.9. The summed E-state index contributed by atoms with van der Waals surface area (Å²) in [4.78, 5) is 0.141. The van der Waals surface area contributed by atoms with E-state index in [-0.39, 0.29) is 17.4 Å². The summed E-state index contributed by atoms with van der Waals surface area (Å²) in [6.07, 6.45) is 1.48. The lowest BCUT2D eigenvalue weighted by Gasteiger charge is -2.06. The van der Waals surface area contributed by atoms with Crippen LogP contribution in [0.25, 0.3) is 0 Å². The predicted octanol–water partition coefficient (Wildman–Crippen LogP) is 0.756. The standard InChI is InChI=1S/C14H17N5O3S/c1-10(18-19-14(15)16)11-4-6-13(7-5-11)23(20,21)17-9-12-3-2-8-22-12/h2-8,17H,9H2,1H3,(H4,15,16,19)/b18-10+. The van der Waals surface area contributed by atoms with Crippen molar-refractivity contribution in [2.75, 3.05) is 0 Å². The third-order valence-electron chi connectivity index (χ3n) is 2.91. The smallest absolute Gasteiger partial charge is 0.240 e. The average molecular weight is 335 g/mol. The number of hydrogen-bond acceptors (Lipinski definition) is 5. The van der Waals surface area contributed by atoms with Gasteiger partial charge in [-0.1, -0.05) is 12.1 Å². The molecule has 0 aliphatic rings. The number of rotatable bonds is 6. The van der Waals surface area contributed by atoms with Gasteiger partial charge in [-0.2, -0.15) is 5.10 Å². The molecule has 0 spiro atoms. The highest BCUT2D eigenvalue weighted by Crippen LogP contribution is 2.12. The van der Waals surface area contributed by atoms with Crippen LogP contribution < -0.4 is 16.2 Å². The average Bonchev–Trinajstić information content (AvgIpc) is 3.04. The highest BCUT2D eigenvalue weighted by Gasteiger charge is 2.14. The van der Waals surface area contributed by atoms with Crippen molar-refractivity contribution in [3.63, 3.8) is 0 Å². The molecule has 2 rings (SSSR count). The summed E-state index contributed by atoms with van der Waals surface area (Å²) in [5.74, 6) is 0.385. The van der Waals surface area contributed by atoms with Crippen molar-refractivity contribution in [3.8, 4) is 0 Å². The Morgan fingerprint density at radius 1 is 1.17 bits per heavy atom. The van der Waals surface area contributed by atoms with Crippen molar-refractivity contribution in [1.29, 1.82) is 0 Å². The first-order valence-electron chi connectivity index (χ1n) is 6.64. The molecular formula is C14H17N5O3S. The lowest BCUT2D eigenvalue weighted by Crippen LogP contribution is -2.23. The molecule has 0 unspecified atom stereocenters. The number of guanidine groups is 1. The van der Waals surface area contributed by atoms with Crippen LogP contribution in [0.3, 0.4) is 0 Å². The molecule has 2 aromatic rings. The summed E-state index contributed by atoms with van der Waals surface area (Å²) >= 11 is 0. The van der Waals surface area contributed by atoms with Crippen LogP contribution in [0.15, 0.2) is 62.2 Å². The van der Waals surface area contributed by atoms with E-state index in [1.807, 2.05) is 0 Å². The van der Waals surface area contributed by atoms with Crippen molar-refractivity contribution in [3.05, 3.63) is 54.0 Å². The first-order valence-corrected chi connectivity index (χ1v) is 8.12. The van der Waals surface area contributed by atoms with Gasteiger partial charge in [-0.25, -0.2) is 13.1 Å². The summed E-state index contributed by atoms with van der Waals surface area (Å²) in [5, 5.41) is 7.38. The third kappa shape index (κ3) is 4.66. The predicted molar refractivity (Wildman–Crippen MR) is 87.2 cm³/mol. The van der Waals surface area contributed by atoms with E-state index < -0.39 is 10.0 Å². The van der Waals surface area contributed by atoms with Crippen molar-refractivity contribution < 1.29 is 12.8 Å². The van der Waals surface area contributed by atoms with E-state index in [4.69, 9.17) is 15.9 Å². The Balaban J connectivity index is 2.12. The van der Waals surface area contributed by atoms with Crippen molar-refractivity contribution >= 4 is 21.7 Å². The van der Waals surface area contributed by atoms with E-state index in [0.717, 1.165) is 0 Å². The fourth-order valence-electron chi connectivity index (χ4n) is 1.73. The lowest BCUT2D eigenvalue weighted by atomic mass is 10.1. The molecule has 9 heteroatoms. The van der Waals surface area contributed by atoms with Gasteiger partial charge < -0.3 is 15.9 Å². The Morgan fingerprint density at radius 2 is 1.87 bits per heavy atom. The van der Waals surface area contributed by atoms with Crippen LogP contribution in [0.5, 0.6) is 0 Å². The largest absolute Gasteiger partial charge is 0.468 e. The van der Waals surface area contributed by atoms with Crippen molar-refractivity contribution in [1.82, 2.24) is 4.72 Å². The molecule has 122 valence electrons. The SMILES string of the molecule is C/C(=N\N=C(N)N)c1ccc(S(=O)(=O)NCc2ccco2)cc1. The van der Waals surface area contributed by atoms with Gasteiger partial charge in [-0.15, -0.1) is 5.10 Å². The van der Waals surface area contributed by atoms with E-state index in [9.17, 15) is 8.42 Å². The lowest BCUT2D eigenvalue weighted by molar-refractivity contribution is 0.498. The Labute approximate surface area is 133 Å². The number of hydrogen-bond donors (Lipinski definition) is 3. The molecule has 8 nitrogen and oxygen atoms in total. The zero-order valence-corrected chi connectivity index (χ0v) is 13.2. The summed E-state index contributed by atoms with van der Waals surface area (Å²) in [7, 11) is -3.62. The molecule has 1 heterocycles. The Kier molecular flexibility index (Phi) is 5.14. The molecular weight excluding hydrogens is 318 g/mol. The Bertz CT molecular complexity index is 805. The molecule has 0 atom stereocenters. The second-order valence-electron chi connectivity index (χ2n) is 4.64. The molecule has 0 radical (unpaired) electrons. The number of nitrogens with two attached hydrogens (primary N) is 2. The minimum atomic E-state index is -3.62. The van der Waals surface area contributed by atoms with Crippen molar-refractivity contribution in [2.45, 2.75) is 18.4 Å². The fourth-order valence-corrected chi connectivity index (χ4v) is 2.72.